The van der Waals surface area contributed by atoms with Crippen LogP contribution in [0.5, 0.6) is 0 Å². The maximum Gasteiger partial charge on any atom is 0.244 e. The topological polar surface area (TPSA) is 44.4 Å². The fourth-order valence-electron chi connectivity index (χ4n) is 2.99. The van der Waals surface area contributed by atoms with Crippen LogP contribution in [0.2, 0.25) is 0 Å². The Bertz CT molecular complexity index is 510. The van der Waals surface area contributed by atoms with E-state index in [1.54, 1.807) is 0 Å². The highest BCUT2D eigenvalue weighted by Crippen LogP contribution is 2.31. The fraction of sp³-hybridized carbons (Fsp3) is 0.562. The lowest BCUT2D eigenvalue weighted by Crippen LogP contribution is -2.50. The van der Waals surface area contributed by atoms with E-state index in [1.807, 2.05) is 37.2 Å². The number of hydrogen-bond donors (Lipinski definition) is 2. The Balaban J connectivity index is 2.24. The first kappa shape index (κ1) is 16.3. The molecule has 1 amide bonds. The molecule has 1 atom stereocenters. The number of hydrogen-bond acceptors (Lipinski definition) is 3. The first-order valence-electron chi connectivity index (χ1n) is 7.52. The number of benzene rings is 1. The summed E-state index contributed by atoms with van der Waals surface area (Å²) in [6, 6.07) is 5.96. The van der Waals surface area contributed by atoms with Gasteiger partial charge in [0.1, 0.15) is 0 Å². The van der Waals surface area contributed by atoms with Crippen molar-refractivity contribution in [3.05, 3.63) is 22.7 Å². The molecular weight excluding hydrogens is 330 g/mol. The third-order valence-electron chi connectivity index (χ3n) is 4.04. The third kappa shape index (κ3) is 3.58. The molecule has 2 rings (SSSR count). The average Bonchev–Trinajstić information content (AvgIpc) is 2.88. The summed E-state index contributed by atoms with van der Waals surface area (Å²) in [5, 5.41) is 6.54. The molecule has 1 fully saturated rings. The van der Waals surface area contributed by atoms with Crippen molar-refractivity contribution >= 4 is 33.2 Å². The molecule has 1 aliphatic rings. The van der Waals surface area contributed by atoms with Crippen LogP contribution in [0.4, 0.5) is 11.4 Å². The van der Waals surface area contributed by atoms with Crippen molar-refractivity contribution < 1.29 is 4.79 Å². The van der Waals surface area contributed by atoms with Crippen LogP contribution >= 0.6 is 15.9 Å². The van der Waals surface area contributed by atoms with Crippen molar-refractivity contribution in [2.45, 2.75) is 38.1 Å². The van der Waals surface area contributed by atoms with Gasteiger partial charge in [-0.3, -0.25) is 4.79 Å². The van der Waals surface area contributed by atoms with E-state index in [0.29, 0.717) is 0 Å². The molecule has 1 aromatic carbocycles. The van der Waals surface area contributed by atoms with E-state index in [0.717, 1.165) is 48.1 Å². The Hall–Kier alpha value is -1.07. The van der Waals surface area contributed by atoms with E-state index in [4.69, 9.17) is 0 Å². The molecule has 1 aliphatic heterocycles. The lowest BCUT2D eigenvalue weighted by Gasteiger charge is -2.29. The number of rotatable bonds is 5. The standard InChI is InChI=1S/C16H24BrN3O/c1-4-8-16(9-5-10-18-16)15(21)19-13-11-12(17)6-7-14(13)20(2)3/h6-7,11,18H,4-5,8-10H2,1-3H3,(H,19,21). The monoisotopic (exact) mass is 353 g/mol. The van der Waals surface area contributed by atoms with Crippen LogP contribution < -0.4 is 15.5 Å². The second-order valence-electron chi connectivity index (χ2n) is 5.87. The summed E-state index contributed by atoms with van der Waals surface area (Å²) in [5.41, 5.74) is 1.46. The van der Waals surface area contributed by atoms with Crippen LogP contribution in [0.15, 0.2) is 22.7 Å². The number of carbonyl (C=O) groups excluding carboxylic acids is 1. The molecule has 21 heavy (non-hydrogen) atoms. The van der Waals surface area contributed by atoms with Crippen LogP contribution in [0.1, 0.15) is 32.6 Å². The van der Waals surface area contributed by atoms with Crippen molar-refractivity contribution in [3.63, 3.8) is 0 Å². The minimum absolute atomic E-state index is 0.0862. The Morgan fingerprint density at radius 3 is 2.81 bits per heavy atom. The van der Waals surface area contributed by atoms with Gasteiger partial charge in [-0.15, -0.1) is 0 Å². The second-order valence-corrected chi connectivity index (χ2v) is 6.79. The zero-order valence-electron chi connectivity index (χ0n) is 13.0. The molecule has 0 bridgehead atoms. The maximum atomic E-state index is 12.8. The van der Waals surface area contributed by atoms with E-state index in [1.165, 1.54) is 0 Å². The summed E-state index contributed by atoms with van der Waals surface area (Å²) < 4.78 is 0.965. The van der Waals surface area contributed by atoms with E-state index in [2.05, 4.69) is 33.5 Å². The second kappa shape index (κ2) is 6.79. The van der Waals surface area contributed by atoms with Crippen molar-refractivity contribution in [3.8, 4) is 0 Å². The molecule has 0 aromatic heterocycles. The van der Waals surface area contributed by atoms with Gasteiger partial charge >= 0.3 is 0 Å². The average molecular weight is 354 g/mol. The molecule has 1 aromatic rings. The normalized spacial score (nSPS) is 21.3. The number of anilines is 2. The van der Waals surface area contributed by atoms with Crippen LogP contribution in [0.25, 0.3) is 0 Å². The number of nitrogens with one attached hydrogen (secondary N) is 2. The van der Waals surface area contributed by atoms with Gasteiger partial charge in [0.25, 0.3) is 0 Å². The first-order chi connectivity index (χ1) is 9.98. The molecule has 2 N–H and O–H groups in total. The van der Waals surface area contributed by atoms with Gasteiger partial charge in [0.05, 0.1) is 16.9 Å². The zero-order chi connectivity index (χ0) is 15.5. The summed E-state index contributed by atoms with van der Waals surface area (Å²) in [6.45, 7) is 3.05. The number of halogens is 1. The molecule has 0 aliphatic carbocycles. The molecule has 0 spiro atoms. The van der Waals surface area contributed by atoms with Crippen molar-refractivity contribution in [2.24, 2.45) is 0 Å². The zero-order valence-corrected chi connectivity index (χ0v) is 14.6. The summed E-state index contributed by atoms with van der Waals surface area (Å²) >= 11 is 3.48. The Kier molecular flexibility index (Phi) is 5.27. The van der Waals surface area contributed by atoms with Gasteiger partial charge in [-0.25, -0.2) is 0 Å². The predicted octanol–water partition coefficient (Wildman–Crippen LogP) is 3.38. The molecule has 116 valence electrons. The highest BCUT2D eigenvalue weighted by molar-refractivity contribution is 9.10. The van der Waals surface area contributed by atoms with E-state index in [-0.39, 0.29) is 5.91 Å². The predicted molar refractivity (Wildman–Crippen MR) is 92.0 cm³/mol. The minimum atomic E-state index is -0.402. The molecule has 1 heterocycles. The van der Waals surface area contributed by atoms with Gasteiger partial charge in [0.15, 0.2) is 0 Å². The Morgan fingerprint density at radius 2 is 2.24 bits per heavy atom. The number of nitrogens with zero attached hydrogens (tertiary/aromatic N) is 1. The van der Waals surface area contributed by atoms with Gasteiger partial charge in [-0.05, 0) is 44.0 Å². The lowest BCUT2D eigenvalue weighted by molar-refractivity contribution is -0.122. The van der Waals surface area contributed by atoms with Gasteiger partial charge in [0.2, 0.25) is 5.91 Å². The first-order valence-corrected chi connectivity index (χ1v) is 8.31. The number of carbonyl (C=O) groups is 1. The molecule has 1 unspecified atom stereocenters. The van der Waals surface area contributed by atoms with Crippen molar-refractivity contribution in [1.82, 2.24) is 5.32 Å². The molecule has 0 radical (unpaired) electrons. The Morgan fingerprint density at radius 1 is 1.48 bits per heavy atom. The molecule has 4 nitrogen and oxygen atoms in total. The molecule has 0 saturated carbocycles. The maximum absolute atomic E-state index is 12.8. The van der Waals surface area contributed by atoms with Crippen molar-refractivity contribution in [2.75, 3.05) is 30.9 Å². The summed E-state index contributed by atoms with van der Waals surface area (Å²) in [4.78, 5) is 14.8. The summed E-state index contributed by atoms with van der Waals surface area (Å²) in [6.07, 6.45) is 3.86. The van der Waals surface area contributed by atoms with Crippen LogP contribution in [-0.2, 0) is 4.79 Å². The molecule has 1 saturated heterocycles. The van der Waals surface area contributed by atoms with E-state index < -0.39 is 5.54 Å². The molecular formula is C16H24BrN3O. The summed E-state index contributed by atoms with van der Waals surface area (Å²) in [5.74, 6) is 0.0862. The largest absolute Gasteiger partial charge is 0.376 e. The van der Waals surface area contributed by atoms with E-state index >= 15 is 0 Å². The van der Waals surface area contributed by atoms with Gasteiger partial charge < -0.3 is 15.5 Å². The lowest BCUT2D eigenvalue weighted by atomic mass is 9.90. The smallest absolute Gasteiger partial charge is 0.244 e. The van der Waals surface area contributed by atoms with Crippen LogP contribution in [-0.4, -0.2) is 32.1 Å². The van der Waals surface area contributed by atoms with E-state index in [9.17, 15) is 4.79 Å². The Labute approximate surface area is 135 Å². The number of amides is 1. The molecule has 5 heteroatoms. The van der Waals surface area contributed by atoms with Crippen molar-refractivity contribution in [1.29, 1.82) is 0 Å². The van der Waals surface area contributed by atoms with Crippen LogP contribution in [0, 0.1) is 0 Å². The minimum Gasteiger partial charge on any atom is -0.376 e. The third-order valence-corrected chi connectivity index (χ3v) is 4.54. The quantitative estimate of drug-likeness (QED) is 0.852. The summed E-state index contributed by atoms with van der Waals surface area (Å²) in [7, 11) is 3.96. The van der Waals surface area contributed by atoms with Gasteiger partial charge in [-0.1, -0.05) is 29.3 Å². The SMILES string of the molecule is CCCC1(C(=O)Nc2cc(Br)ccc2N(C)C)CCCN1. The van der Waals surface area contributed by atoms with Crippen LogP contribution in [0.3, 0.4) is 0 Å². The highest BCUT2D eigenvalue weighted by atomic mass is 79.9. The fourth-order valence-corrected chi connectivity index (χ4v) is 3.36. The highest BCUT2D eigenvalue weighted by Gasteiger charge is 2.40. The van der Waals surface area contributed by atoms with Gasteiger partial charge in [-0.2, -0.15) is 0 Å². The van der Waals surface area contributed by atoms with Gasteiger partial charge in [0, 0.05) is 18.6 Å².